The minimum atomic E-state index is -0.551. The summed E-state index contributed by atoms with van der Waals surface area (Å²) in [5, 5.41) is 2.92. The second-order valence-corrected chi connectivity index (χ2v) is 3.43. The van der Waals surface area contributed by atoms with Crippen molar-refractivity contribution in [1.29, 1.82) is 0 Å². The van der Waals surface area contributed by atoms with E-state index in [1.807, 2.05) is 0 Å². The molecule has 0 spiro atoms. The van der Waals surface area contributed by atoms with Crippen LogP contribution in [0.2, 0.25) is 0 Å². The van der Waals surface area contributed by atoms with Crippen LogP contribution in [-0.4, -0.2) is 4.98 Å². The number of nitrogens with zero attached hydrogens (tertiary/aromatic N) is 1. The van der Waals surface area contributed by atoms with Crippen molar-refractivity contribution in [3.8, 4) is 0 Å². The Labute approximate surface area is 92.0 Å². The zero-order valence-electron chi connectivity index (χ0n) is 8.67. The van der Waals surface area contributed by atoms with Crippen LogP contribution in [-0.2, 0) is 0 Å². The maximum absolute atomic E-state index is 12.8. The molecule has 0 fully saturated rings. The van der Waals surface area contributed by atoms with Crippen molar-refractivity contribution in [2.45, 2.75) is 6.92 Å². The Morgan fingerprint density at radius 1 is 1.12 bits per heavy atom. The maximum Gasteiger partial charge on any atom is 0.214 e. The number of aromatic nitrogens is 1. The summed E-state index contributed by atoms with van der Waals surface area (Å²) in [6, 6.07) is 8.81. The van der Waals surface area contributed by atoms with Gasteiger partial charge < -0.3 is 5.32 Å². The molecule has 2 aromatic rings. The maximum atomic E-state index is 12.8. The van der Waals surface area contributed by atoms with Crippen molar-refractivity contribution in [1.82, 2.24) is 4.98 Å². The smallest absolute Gasteiger partial charge is 0.214 e. The van der Waals surface area contributed by atoms with E-state index in [-0.39, 0.29) is 5.82 Å². The topological polar surface area (TPSA) is 24.9 Å². The van der Waals surface area contributed by atoms with Crippen molar-refractivity contribution in [2.24, 2.45) is 0 Å². The number of anilines is 2. The molecule has 2 nitrogen and oxygen atoms in total. The second-order valence-electron chi connectivity index (χ2n) is 3.43. The number of hydrogen-bond acceptors (Lipinski definition) is 2. The normalized spacial score (nSPS) is 10.2. The van der Waals surface area contributed by atoms with Crippen LogP contribution in [0.15, 0.2) is 36.4 Å². The van der Waals surface area contributed by atoms with E-state index in [9.17, 15) is 8.78 Å². The summed E-state index contributed by atoms with van der Waals surface area (Å²) in [7, 11) is 0. The Hall–Kier alpha value is -1.97. The van der Waals surface area contributed by atoms with Crippen molar-refractivity contribution >= 4 is 11.5 Å². The predicted octanol–water partition coefficient (Wildman–Crippen LogP) is 3.41. The number of nitrogens with one attached hydrogen (secondary N) is 1. The van der Waals surface area contributed by atoms with Gasteiger partial charge >= 0.3 is 0 Å². The summed E-state index contributed by atoms with van der Waals surface area (Å²) in [4.78, 5) is 3.66. The molecule has 4 heteroatoms. The number of benzene rings is 1. The molecule has 0 aliphatic carbocycles. The van der Waals surface area contributed by atoms with E-state index in [0.29, 0.717) is 11.5 Å². The molecule has 0 saturated carbocycles. The van der Waals surface area contributed by atoms with Gasteiger partial charge in [0.25, 0.3) is 0 Å². The fourth-order valence-corrected chi connectivity index (χ4v) is 1.38. The first-order chi connectivity index (χ1) is 7.65. The zero-order chi connectivity index (χ0) is 11.5. The van der Waals surface area contributed by atoms with E-state index < -0.39 is 5.95 Å². The number of rotatable bonds is 2. The lowest BCUT2D eigenvalue weighted by atomic mass is 10.2. The van der Waals surface area contributed by atoms with Gasteiger partial charge in [0.05, 0.1) is 0 Å². The van der Waals surface area contributed by atoms with E-state index in [1.165, 1.54) is 18.2 Å². The van der Waals surface area contributed by atoms with Crippen LogP contribution in [0.3, 0.4) is 0 Å². The van der Waals surface area contributed by atoms with Crippen molar-refractivity contribution < 1.29 is 8.78 Å². The predicted molar refractivity (Wildman–Crippen MR) is 58.6 cm³/mol. The Morgan fingerprint density at radius 2 is 1.94 bits per heavy atom. The van der Waals surface area contributed by atoms with Crippen LogP contribution >= 0.6 is 0 Å². The molecule has 0 radical (unpaired) electrons. The molecule has 1 heterocycles. The Bertz CT molecular complexity index is 512. The lowest BCUT2D eigenvalue weighted by Gasteiger charge is -2.08. The number of aryl methyl sites for hydroxylation is 1. The van der Waals surface area contributed by atoms with E-state index >= 15 is 0 Å². The Kier molecular flexibility index (Phi) is 2.81. The van der Waals surface area contributed by atoms with Gasteiger partial charge in [0.15, 0.2) is 0 Å². The monoisotopic (exact) mass is 220 g/mol. The van der Waals surface area contributed by atoms with Crippen molar-refractivity contribution in [3.05, 3.63) is 53.7 Å². The van der Waals surface area contributed by atoms with Gasteiger partial charge in [0.1, 0.15) is 11.6 Å². The van der Waals surface area contributed by atoms with E-state index in [1.54, 1.807) is 25.1 Å². The molecule has 16 heavy (non-hydrogen) atoms. The van der Waals surface area contributed by atoms with Gasteiger partial charge in [0.2, 0.25) is 5.95 Å². The summed E-state index contributed by atoms with van der Waals surface area (Å²) in [6.07, 6.45) is 0. The summed E-state index contributed by atoms with van der Waals surface area (Å²) >= 11 is 0. The van der Waals surface area contributed by atoms with Crippen molar-refractivity contribution in [2.75, 3.05) is 5.32 Å². The minimum Gasteiger partial charge on any atom is -0.340 e. The van der Waals surface area contributed by atoms with Gasteiger partial charge in [-0.15, -0.1) is 0 Å². The third kappa shape index (κ3) is 2.34. The summed E-state index contributed by atoms with van der Waals surface area (Å²) in [5.74, 6) is -0.449. The summed E-state index contributed by atoms with van der Waals surface area (Å²) in [5.41, 5.74) is 1.45. The van der Waals surface area contributed by atoms with E-state index in [2.05, 4.69) is 10.3 Å². The minimum absolute atomic E-state index is 0.296. The first-order valence-corrected chi connectivity index (χ1v) is 4.81. The van der Waals surface area contributed by atoms with Gasteiger partial charge in [-0.1, -0.05) is 6.07 Å². The Balaban J connectivity index is 2.27. The van der Waals surface area contributed by atoms with Gasteiger partial charge in [-0.3, -0.25) is 0 Å². The molecule has 0 unspecified atom stereocenters. The highest BCUT2D eigenvalue weighted by atomic mass is 19.1. The fraction of sp³-hybridized carbons (Fsp3) is 0.0833. The molecule has 1 aromatic heterocycles. The highest BCUT2D eigenvalue weighted by molar-refractivity contribution is 5.59. The number of pyridine rings is 1. The Morgan fingerprint density at radius 3 is 2.62 bits per heavy atom. The molecule has 0 amide bonds. The average Bonchev–Trinajstić information content (AvgIpc) is 2.22. The van der Waals surface area contributed by atoms with Crippen LogP contribution in [0.1, 0.15) is 5.56 Å². The molecule has 0 bridgehead atoms. The molecule has 0 aliphatic heterocycles. The molecular weight excluding hydrogens is 210 g/mol. The van der Waals surface area contributed by atoms with Gasteiger partial charge in [0, 0.05) is 5.69 Å². The summed E-state index contributed by atoms with van der Waals surface area (Å²) < 4.78 is 25.7. The van der Waals surface area contributed by atoms with Gasteiger partial charge in [-0.05, 0) is 42.8 Å². The van der Waals surface area contributed by atoms with Crippen LogP contribution in [0, 0.1) is 18.7 Å². The van der Waals surface area contributed by atoms with Gasteiger partial charge in [-0.2, -0.15) is 4.39 Å². The van der Waals surface area contributed by atoms with Crippen LogP contribution in [0.25, 0.3) is 0 Å². The second kappa shape index (κ2) is 4.26. The molecule has 1 N–H and O–H groups in total. The highest BCUT2D eigenvalue weighted by Crippen LogP contribution is 2.19. The average molecular weight is 220 g/mol. The largest absolute Gasteiger partial charge is 0.340 e. The first kappa shape index (κ1) is 10.5. The fourth-order valence-electron chi connectivity index (χ4n) is 1.38. The SMILES string of the molecule is Cc1cc(F)ccc1Nc1cccc(F)n1. The lowest BCUT2D eigenvalue weighted by Crippen LogP contribution is -1.97. The quantitative estimate of drug-likeness (QED) is 0.784. The molecule has 1 aromatic carbocycles. The molecule has 0 aliphatic rings. The van der Waals surface area contributed by atoms with Gasteiger partial charge in [-0.25, -0.2) is 9.37 Å². The van der Waals surface area contributed by atoms with Crippen LogP contribution in [0.5, 0.6) is 0 Å². The molecule has 82 valence electrons. The molecule has 0 saturated heterocycles. The van der Waals surface area contributed by atoms with Crippen LogP contribution in [0.4, 0.5) is 20.3 Å². The highest BCUT2D eigenvalue weighted by Gasteiger charge is 2.01. The van der Waals surface area contributed by atoms with E-state index in [4.69, 9.17) is 0 Å². The zero-order valence-corrected chi connectivity index (χ0v) is 8.67. The number of hydrogen-bond donors (Lipinski definition) is 1. The number of halogens is 2. The van der Waals surface area contributed by atoms with E-state index in [0.717, 1.165) is 5.56 Å². The van der Waals surface area contributed by atoms with Crippen molar-refractivity contribution in [3.63, 3.8) is 0 Å². The first-order valence-electron chi connectivity index (χ1n) is 4.81. The lowest BCUT2D eigenvalue weighted by molar-refractivity contribution is 0.585. The third-order valence-corrected chi connectivity index (χ3v) is 2.17. The molecular formula is C12H10F2N2. The standard InChI is InChI=1S/C12H10F2N2/c1-8-7-9(13)5-6-10(8)15-12-4-2-3-11(14)16-12/h2-7H,1H3,(H,15,16). The summed E-state index contributed by atoms with van der Waals surface area (Å²) in [6.45, 7) is 1.77. The molecule has 0 atom stereocenters. The van der Waals surface area contributed by atoms with Crippen LogP contribution < -0.4 is 5.32 Å². The third-order valence-electron chi connectivity index (χ3n) is 2.17. The molecule has 2 rings (SSSR count).